The van der Waals surface area contributed by atoms with E-state index in [1.807, 2.05) is 0 Å². The highest BCUT2D eigenvalue weighted by atomic mass is 16.3. The first-order chi connectivity index (χ1) is 8.59. The Balaban J connectivity index is 2.01. The number of aliphatic hydroxyl groups excluding tert-OH is 1. The lowest BCUT2D eigenvalue weighted by molar-refractivity contribution is 0.0230. The lowest BCUT2D eigenvalue weighted by Crippen LogP contribution is -2.41. The second kappa shape index (κ2) is 5.85. The van der Waals surface area contributed by atoms with Gasteiger partial charge < -0.3 is 5.11 Å². The summed E-state index contributed by atoms with van der Waals surface area (Å²) in [6.07, 6.45) is 3.12. The highest BCUT2D eigenvalue weighted by Gasteiger charge is 2.30. The van der Waals surface area contributed by atoms with Gasteiger partial charge >= 0.3 is 0 Å². The molecule has 0 bridgehead atoms. The Morgan fingerprint density at radius 3 is 2.50 bits per heavy atom. The fraction of sp³-hybridized carbons (Fsp3) is 0.625. The number of aliphatic hydroxyl groups is 1. The molecule has 4 atom stereocenters. The smallest absolute Gasteiger partial charge is 0.0580 e. The molecule has 1 fully saturated rings. The number of nitrogens with zero attached hydrogens (tertiary/aromatic N) is 1. The van der Waals surface area contributed by atoms with Crippen LogP contribution in [-0.2, 0) is 0 Å². The van der Waals surface area contributed by atoms with Crippen molar-refractivity contribution in [2.24, 2.45) is 5.92 Å². The van der Waals surface area contributed by atoms with Crippen LogP contribution in [0.5, 0.6) is 0 Å². The molecule has 0 radical (unpaired) electrons. The molecule has 0 unspecified atom stereocenters. The minimum atomic E-state index is -0.130. The van der Waals surface area contributed by atoms with Crippen molar-refractivity contribution in [1.82, 2.24) is 4.90 Å². The Bertz CT molecular complexity index is 365. The summed E-state index contributed by atoms with van der Waals surface area (Å²) in [5.74, 6) is 0.460. The van der Waals surface area contributed by atoms with Crippen molar-refractivity contribution in [3.8, 4) is 0 Å². The van der Waals surface area contributed by atoms with Gasteiger partial charge in [-0.2, -0.15) is 0 Å². The maximum absolute atomic E-state index is 10.0. The van der Waals surface area contributed by atoms with Crippen molar-refractivity contribution in [2.75, 3.05) is 7.05 Å². The van der Waals surface area contributed by atoms with Gasteiger partial charge in [-0.05, 0) is 44.7 Å². The quantitative estimate of drug-likeness (QED) is 0.886. The van der Waals surface area contributed by atoms with Crippen LogP contribution < -0.4 is 0 Å². The van der Waals surface area contributed by atoms with Gasteiger partial charge in [0, 0.05) is 12.1 Å². The van der Waals surface area contributed by atoms with Crippen molar-refractivity contribution in [2.45, 2.75) is 51.3 Å². The summed E-state index contributed by atoms with van der Waals surface area (Å²) in [5.41, 5.74) is 1.35. The average molecular weight is 247 g/mol. The van der Waals surface area contributed by atoms with E-state index in [1.165, 1.54) is 12.0 Å². The van der Waals surface area contributed by atoms with Crippen molar-refractivity contribution in [3.63, 3.8) is 0 Å². The van der Waals surface area contributed by atoms with Crippen LogP contribution in [0.2, 0.25) is 0 Å². The van der Waals surface area contributed by atoms with Gasteiger partial charge in [0.15, 0.2) is 0 Å². The molecule has 2 heteroatoms. The molecule has 0 aliphatic heterocycles. The molecular formula is C16H25NO. The second-order valence-electron chi connectivity index (χ2n) is 5.76. The minimum absolute atomic E-state index is 0.130. The van der Waals surface area contributed by atoms with Gasteiger partial charge in [0.2, 0.25) is 0 Å². The monoisotopic (exact) mass is 247 g/mol. The van der Waals surface area contributed by atoms with Crippen LogP contribution in [0.4, 0.5) is 0 Å². The third-order valence-corrected chi connectivity index (χ3v) is 4.59. The molecule has 1 aromatic rings. The number of rotatable bonds is 3. The molecule has 18 heavy (non-hydrogen) atoms. The molecule has 1 N–H and O–H groups in total. The molecule has 1 aliphatic rings. The fourth-order valence-corrected chi connectivity index (χ4v) is 2.93. The maximum atomic E-state index is 10.0. The molecule has 0 spiro atoms. The van der Waals surface area contributed by atoms with E-state index in [0.717, 1.165) is 12.8 Å². The predicted molar refractivity (Wildman–Crippen MR) is 75.4 cm³/mol. The summed E-state index contributed by atoms with van der Waals surface area (Å²) in [4.78, 5) is 2.42. The molecule has 1 aromatic carbocycles. The zero-order valence-electron chi connectivity index (χ0n) is 11.7. The van der Waals surface area contributed by atoms with E-state index in [0.29, 0.717) is 18.0 Å². The summed E-state index contributed by atoms with van der Waals surface area (Å²) in [6.45, 7) is 4.40. The summed E-state index contributed by atoms with van der Waals surface area (Å²) in [5, 5.41) is 10.0. The third kappa shape index (κ3) is 2.93. The van der Waals surface area contributed by atoms with Gasteiger partial charge in [0.25, 0.3) is 0 Å². The van der Waals surface area contributed by atoms with Crippen molar-refractivity contribution in [3.05, 3.63) is 35.9 Å². The van der Waals surface area contributed by atoms with Crippen LogP contribution in [0.25, 0.3) is 0 Å². The van der Waals surface area contributed by atoms with Gasteiger partial charge in [0.1, 0.15) is 0 Å². The summed E-state index contributed by atoms with van der Waals surface area (Å²) >= 11 is 0. The van der Waals surface area contributed by atoms with Crippen LogP contribution >= 0.6 is 0 Å². The largest absolute Gasteiger partial charge is 0.393 e. The molecule has 0 saturated heterocycles. The Kier molecular flexibility index (Phi) is 4.41. The molecule has 1 aliphatic carbocycles. The third-order valence-electron chi connectivity index (χ3n) is 4.59. The van der Waals surface area contributed by atoms with Crippen molar-refractivity contribution >= 4 is 0 Å². The van der Waals surface area contributed by atoms with Crippen LogP contribution in [0.15, 0.2) is 30.3 Å². The first kappa shape index (κ1) is 13.6. The highest BCUT2D eigenvalue weighted by Crippen LogP contribution is 2.31. The zero-order chi connectivity index (χ0) is 13.1. The normalized spacial score (nSPS) is 30.4. The molecule has 0 aromatic heterocycles. The van der Waals surface area contributed by atoms with Crippen LogP contribution in [0, 0.1) is 5.92 Å². The van der Waals surface area contributed by atoms with E-state index in [4.69, 9.17) is 0 Å². The Labute approximate surface area is 111 Å². The molecular weight excluding hydrogens is 222 g/mol. The number of hydrogen-bond acceptors (Lipinski definition) is 2. The van der Waals surface area contributed by atoms with E-state index in [9.17, 15) is 5.11 Å². The molecule has 100 valence electrons. The number of benzene rings is 1. The fourth-order valence-electron chi connectivity index (χ4n) is 2.93. The van der Waals surface area contributed by atoms with E-state index < -0.39 is 0 Å². The van der Waals surface area contributed by atoms with Gasteiger partial charge in [-0.3, -0.25) is 4.90 Å². The lowest BCUT2D eigenvalue weighted by atomic mass is 9.83. The summed E-state index contributed by atoms with van der Waals surface area (Å²) in [7, 11) is 2.19. The Hall–Kier alpha value is -0.860. The Morgan fingerprint density at radius 2 is 1.89 bits per heavy atom. The molecule has 1 saturated carbocycles. The SMILES string of the molecule is C[C@@H]1CC[C@@H](N(C)[C@@H](C)c2ccccc2)C[C@H]1O. The van der Waals surface area contributed by atoms with Crippen LogP contribution in [0.3, 0.4) is 0 Å². The van der Waals surface area contributed by atoms with Crippen LogP contribution in [-0.4, -0.2) is 29.2 Å². The van der Waals surface area contributed by atoms with Gasteiger partial charge in [-0.15, -0.1) is 0 Å². The van der Waals surface area contributed by atoms with E-state index in [2.05, 4.69) is 56.1 Å². The second-order valence-corrected chi connectivity index (χ2v) is 5.76. The Morgan fingerprint density at radius 1 is 1.22 bits per heavy atom. The van der Waals surface area contributed by atoms with Crippen LogP contribution in [0.1, 0.15) is 44.7 Å². The summed E-state index contributed by atoms with van der Waals surface area (Å²) < 4.78 is 0. The van der Waals surface area contributed by atoms with Gasteiger partial charge in [0.05, 0.1) is 6.10 Å². The molecule has 2 rings (SSSR count). The maximum Gasteiger partial charge on any atom is 0.0580 e. The standard InChI is InChI=1S/C16H25NO/c1-12-9-10-15(11-16(12)18)17(3)13(2)14-7-5-4-6-8-14/h4-8,12-13,15-16,18H,9-11H2,1-3H3/t12-,13+,15-,16-/m1/s1. The van der Waals surface area contributed by atoms with Gasteiger partial charge in [-0.1, -0.05) is 37.3 Å². The van der Waals surface area contributed by atoms with Gasteiger partial charge in [-0.25, -0.2) is 0 Å². The molecule has 2 nitrogen and oxygen atoms in total. The molecule has 0 heterocycles. The topological polar surface area (TPSA) is 23.5 Å². The first-order valence-corrected chi connectivity index (χ1v) is 7.04. The summed E-state index contributed by atoms with van der Waals surface area (Å²) in [6, 6.07) is 11.5. The first-order valence-electron chi connectivity index (χ1n) is 7.04. The van der Waals surface area contributed by atoms with E-state index >= 15 is 0 Å². The predicted octanol–water partition coefficient (Wildman–Crippen LogP) is 3.23. The van der Waals surface area contributed by atoms with Crippen molar-refractivity contribution < 1.29 is 5.11 Å². The van der Waals surface area contributed by atoms with E-state index in [-0.39, 0.29) is 6.10 Å². The lowest BCUT2D eigenvalue weighted by Gasteiger charge is -2.39. The number of hydrogen-bond donors (Lipinski definition) is 1. The van der Waals surface area contributed by atoms with E-state index in [1.54, 1.807) is 0 Å². The minimum Gasteiger partial charge on any atom is -0.393 e. The average Bonchev–Trinajstić information content (AvgIpc) is 2.41. The highest BCUT2D eigenvalue weighted by molar-refractivity contribution is 5.18. The van der Waals surface area contributed by atoms with Crippen molar-refractivity contribution in [1.29, 1.82) is 0 Å². The zero-order valence-corrected chi connectivity index (χ0v) is 11.7. The molecule has 0 amide bonds.